The molecule has 0 fully saturated rings. The average Bonchev–Trinajstić information content (AvgIpc) is 3.78. The number of carbonyl (C=O) groups is 2. The van der Waals surface area contributed by atoms with E-state index in [0.717, 1.165) is 30.1 Å². The molecule has 0 atom stereocenters. The zero-order valence-electron chi connectivity index (χ0n) is 25.1. The van der Waals surface area contributed by atoms with E-state index >= 15 is 0 Å². The summed E-state index contributed by atoms with van der Waals surface area (Å²) in [6.45, 7) is 5.24. The molecular formula is C32H30Cl4O5S5. The molecule has 14 heteroatoms. The number of hydrogen-bond acceptors (Lipinski definition) is 9. The first-order chi connectivity index (χ1) is 21.7. The van der Waals surface area contributed by atoms with Gasteiger partial charge in [-0.15, -0.1) is 34.0 Å². The Labute approximate surface area is 305 Å². The summed E-state index contributed by atoms with van der Waals surface area (Å²) in [5, 5.41) is 2.23. The van der Waals surface area contributed by atoms with E-state index < -0.39 is 9.84 Å². The van der Waals surface area contributed by atoms with Gasteiger partial charge in [0.05, 0.1) is 13.0 Å². The molecule has 4 heterocycles. The topological polar surface area (TPSA) is 77.5 Å². The van der Waals surface area contributed by atoms with Crippen LogP contribution in [0, 0.1) is 0 Å². The van der Waals surface area contributed by atoms with E-state index in [1.807, 2.05) is 30.3 Å². The van der Waals surface area contributed by atoms with Crippen LogP contribution in [-0.4, -0.2) is 32.8 Å². The van der Waals surface area contributed by atoms with Crippen LogP contribution in [0.25, 0.3) is 22.2 Å². The highest BCUT2D eigenvalue weighted by Crippen LogP contribution is 2.31. The Morgan fingerprint density at radius 2 is 1.37 bits per heavy atom. The van der Waals surface area contributed by atoms with E-state index in [4.69, 9.17) is 51.1 Å². The monoisotopic (exact) mass is 794 g/mol. The molecule has 0 saturated carbocycles. The summed E-state index contributed by atoms with van der Waals surface area (Å²) >= 11 is 28.5. The molecule has 5 rings (SSSR count). The van der Waals surface area contributed by atoms with Crippen LogP contribution in [0.4, 0.5) is 0 Å². The van der Waals surface area contributed by atoms with Crippen molar-refractivity contribution in [3.8, 4) is 5.06 Å². The molecule has 0 spiro atoms. The number of ether oxygens (including phenoxy) is 1. The van der Waals surface area contributed by atoms with Crippen molar-refractivity contribution in [2.45, 2.75) is 31.4 Å². The highest BCUT2D eigenvalue weighted by atomic mass is 35.5. The summed E-state index contributed by atoms with van der Waals surface area (Å²) < 4.78 is 31.2. The minimum Gasteiger partial charge on any atom is -0.476 e. The van der Waals surface area contributed by atoms with Crippen molar-refractivity contribution >= 4 is 135 Å². The number of carbonyl (C=O) groups excluding carboxylic acids is 2. The third kappa shape index (κ3) is 16.2. The average molecular weight is 797 g/mol. The third-order valence-corrected chi connectivity index (χ3v) is 11.7. The van der Waals surface area contributed by atoms with Crippen molar-refractivity contribution in [3.63, 3.8) is 0 Å². The van der Waals surface area contributed by atoms with Gasteiger partial charge >= 0.3 is 0 Å². The number of rotatable bonds is 8. The maximum absolute atomic E-state index is 11.3. The largest absolute Gasteiger partial charge is 0.476 e. The highest BCUT2D eigenvalue weighted by molar-refractivity contribution is 7.93. The SMILES string of the molecule is CC(=O)/C=C/c1ccc(Cl)s1.CC(=O)COc1ccc(Cl)s1.CC/C=C/c1ccc(Cl)s1.CS(=O)(=O)c1cc2ccc(Cl)cc2s1. The number of allylic oxidation sites excluding steroid dienone is 2. The molecule has 0 saturated heterocycles. The first kappa shape index (κ1) is 40.2. The zero-order valence-corrected chi connectivity index (χ0v) is 32.2. The van der Waals surface area contributed by atoms with Gasteiger partial charge in [0.15, 0.2) is 26.5 Å². The van der Waals surface area contributed by atoms with Gasteiger partial charge in [-0.2, -0.15) is 0 Å². The van der Waals surface area contributed by atoms with Crippen LogP contribution in [0.5, 0.6) is 5.06 Å². The van der Waals surface area contributed by atoms with Gasteiger partial charge in [0.2, 0.25) is 0 Å². The van der Waals surface area contributed by atoms with Crippen LogP contribution in [0.1, 0.15) is 36.9 Å². The quantitative estimate of drug-likeness (QED) is 0.146. The van der Waals surface area contributed by atoms with Crippen LogP contribution in [0.2, 0.25) is 18.0 Å². The first-order valence-electron chi connectivity index (χ1n) is 13.3. The van der Waals surface area contributed by atoms with Gasteiger partial charge in [0.25, 0.3) is 0 Å². The Morgan fingerprint density at radius 1 is 0.783 bits per heavy atom. The van der Waals surface area contributed by atoms with Gasteiger partial charge < -0.3 is 4.74 Å². The summed E-state index contributed by atoms with van der Waals surface area (Å²) in [4.78, 5) is 23.2. The number of benzene rings is 1. The van der Waals surface area contributed by atoms with Gasteiger partial charge in [-0.05, 0) is 98.5 Å². The second-order valence-electron chi connectivity index (χ2n) is 9.11. The molecule has 5 aromatic rings. The van der Waals surface area contributed by atoms with E-state index in [-0.39, 0.29) is 18.2 Å². The number of ketones is 2. The summed E-state index contributed by atoms with van der Waals surface area (Å²) in [7, 11) is -3.10. The number of Topliss-reactive ketones (excluding diaryl/α,β-unsaturated/α-hetero) is 1. The number of thiophene rings is 4. The van der Waals surface area contributed by atoms with Crippen LogP contribution in [-0.2, 0) is 19.4 Å². The molecule has 5 nitrogen and oxygen atoms in total. The first-order valence-corrected chi connectivity index (χ1v) is 20.0. The molecular weight excluding hydrogens is 766 g/mol. The van der Waals surface area contributed by atoms with Crippen LogP contribution in [0.3, 0.4) is 0 Å². The molecule has 0 amide bonds. The summed E-state index contributed by atoms with van der Waals surface area (Å²) in [6, 6.07) is 18.1. The fourth-order valence-corrected chi connectivity index (χ4v) is 8.10. The molecule has 0 N–H and O–H groups in total. The highest BCUT2D eigenvalue weighted by Gasteiger charge is 2.11. The minimum atomic E-state index is -3.10. The number of halogens is 4. The van der Waals surface area contributed by atoms with Crippen LogP contribution in [0.15, 0.2) is 77.0 Å². The smallest absolute Gasteiger partial charge is 0.184 e. The lowest BCUT2D eigenvalue weighted by atomic mass is 10.3. The fraction of sp³-hybridized carbons (Fsp3) is 0.188. The van der Waals surface area contributed by atoms with Crippen molar-refractivity contribution < 1.29 is 22.7 Å². The van der Waals surface area contributed by atoms with Gasteiger partial charge in [0, 0.05) is 25.7 Å². The van der Waals surface area contributed by atoms with Gasteiger partial charge in [0.1, 0.15) is 10.8 Å². The lowest BCUT2D eigenvalue weighted by Crippen LogP contribution is -2.05. The predicted molar refractivity (Wildman–Crippen MR) is 203 cm³/mol. The lowest BCUT2D eigenvalue weighted by molar-refractivity contribution is -0.118. The summed E-state index contributed by atoms with van der Waals surface area (Å²) in [5.74, 6) is 0.0593. The number of fused-ring (bicyclic) bond motifs is 1. The molecule has 4 aromatic heterocycles. The van der Waals surface area contributed by atoms with E-state index in [0.29, 0.717) is 18.6 Å². The second kappa shape index (κ2) is 20.4. The Balaban J connectivity index is 0.000000215. The van der Waals surface area contributed by atoms with Gasteiger partial charge in [-0.25, -0.2) is 8.42 Å². The van der Waals surface area contributed by atoms with Crippen molar-refractivity contribution in [1.29, 1.82) is 0 Å². The van der Waals surface area contributed by atoms with Crippen molar-refractivity contribution in [1.82, 2.24) is 0 Å². The predicted octanol–water partition coefficient (Wildman–Crippen LogP) is 12.2. The Morgan fingerprint density at radius 3 is 1.85 bits per heavy atom. The maximum Gasteiger partial charge on any atom is 0.184 e. The summed E-state index contributed by atoms with van der Waals surface area (Å²) in [5.41, 5.74) is 0. The lowest BCUT2D eigenvalue weighted by Gasteiger charge is -1.96. The van der Waals surface area contributed by atoms with E-state index in [9.17, 15) is 18.0 Å². The number of hydrogen-bond donors (Lipinski definition) is 0. The number of sulfone groups is 1. The van der Waals surface area contributed by atoms with E-state index in [1.54, 1.807) is 47.7 Å². The molecule has 0 aliphatic rings. The molecule has 0 aliphatic heterocycles. The van der Waals surface area contributed by atoms with E-state index in [2.05, 4.69) is 19.1 Å². The molecule has 0 bridgehead atoms. The standard InChI is InChI=1S/C9H7ClO2S2.C8H7ClOS.C8H9ClS.C7H7ClO2S/c1-14(11,12)9-4-6-2-3-7(10)5-8(6)13-9;1-6(10)2-3-7-4-5-8(9)11-7;1-2-3-4-7-5-6-8(9)10-7;1-5(9)4-10-7-3-2-6(8)11-7/h2-5H,1H3;2-5H,1H3;3-6H,2H2,1H3;2-3H,4H2,1H3/b;3-2+;4-3+;. The van der Waals surface area contributed by atoms with Crippen LogP contribution < -0.4 is 4.74 Å². The Kier molecular flexibility index (Phi) is 17.8. The minimum absolute atomic E-state index is 0.00882. The zero-order chi connectivity index (χ0) is 34.3. The molecule has 0 aliphatic carbocycles. The van der Waals surface area contributed by atoms with E-state index in [1.165, 1.54) is 65.1 Å². The fourth-order valence-electron chi connectivity index (χ4n) is 2.98. The van der Waals surface area contributed by atoms with Gasteiger partial charge in [-0.3, -0.25) is 9.59 Å². The molecule has 0 radical (unpaired) electrons. The van der Waals surface area contributed by atoms with Crippen molar-refractivity contribution in [2.24, 2.45) is 0 Å². The van der Waals surface area contributed by atoms with Gasteiger partial charge in [-0.1, -0.05) is 76.8 Å². The third-order valence-electron chi connectivity index (χ3n) is 4.98. The maximum atomic E-state index is 11.3. The summed E-state index contributed by atoms with van der Waals surface area (Å²) in [6.07, 6.45) is 9.80. The van der Waals surface area contributed by atoms with Crippen molar-refractivity contribution in [3.05, 3.63) is 101 Å². The van der Waals surface area contributed by atoms with Crippen molar-refractivity contribution in [2.75, 3.05) is 12.9 Å². The molecule has 0 unspecified atom stereocenters. The second-order valence-corrected chi connectivity index (χ2v) is 18.0. The molecule has 246 valence electrons. The Bertz CT molecular complexity index is 1880. The Hall–Kier alpha value is -1.99. The molecule has 1 aromatic carbocycles. The molecule has 46 heavy (non-hydrogen) atoms. The normalized spacial score (nSPS) is 11.0. The van der Waals surface area contributed by atoms with Crippen LogP contribution >= 0.6 is 91.8 Å².